The first kappa shape index (κ1) is 9.67. The zero-order chi connectivity index (χ0) is 10.8. The first-order valence-electron chi connectivity index (χ1n) is 4.74. The van der Waals surface area contributed by atoms with Crippen molar-refractivity contribution in [1.82, 2.24) is 9.55 Å². The van der Waals surface area contributed by atoms with E-state index in [0.717, 1.165) is 5.52 Å². The van der Waals surface area contributed by atoms with Crippen molar-refractivity contribution in [2.75, 3.05) is 5.43 Å². The molecule has 0 aliphatic heterocycles. The fourth-order valence-electron chi connectivity index (χ4n) is 1.65. The summed E-state index contributed by atoms with van der Waals surface area (Å²) >= 11 is 0. The van der Waals surface area contributed by atoms with Crippen LogP contribution in [0.2, 0.25) is 0 Å². The molecule has 5 heteroatoms. The molecule has 15 heavy (non-hydrogen) atoms. The Balaban J connectivity index is 2.92. The number of aryl methyl sites for hydroxylation is 1. The number of hydrogen-bond donors (Lipinski definition) is 2. The average Bonchev–Trinajstić information content (AvgIpc) is 2.29. The van der Waals surface area contributed by atoms with Gasteiger partial charge in [-0.25, -0.2) is 5.84 Å². The van der Waals surface area contributed by atoms with E-state index in [1.54, 1.807) is 6.07 Å². The van der Waals surface area contributed by atoms with E-state index in [0.29, 0.717) is 17.9 Å². The highest BCUT2D eigenvalue weighted by Gasteiger charge is 2.07. The van der Waals surface area contributed by atoms with Crippen LogP contribution in [0.5, 0.6) is 0 Å². The molecule has 2 aromatic rings. The predicted octanol–water partition coefficient (Wildman–Crippen LogP) is 0.702. The van der Waals surface area contributed by atoms with Crippen LogP contribution in [0.4, 0.5) is 5.95 Å². The van der Waals surface area contributed by atoms with Gasteiger partial charge in [-0.3, -0.25) is 10.2 Å². The monoisotopic (exact) mass is 204 g/mol. The number of hydrazine groups is 1. The molecular weight excluding hydrogens is 192 g/mol. The molecule has 0 fully saturated rings. The van der Waals surface area contributed by atoms with Gasteiger partial charge < -0.3 is 4.57 Å². The summed E-state index contributed by atoms with van der Waals surface area (Å²) in [4.78, 5) is 15.5. The Morgan fingerprint density at radius 3 is 2.87 bits per heavy atom. The summed E-state index contributed by atoms with van der Waals surface area (Å²) in [5.74, 6) is 5.70. The molecule has 1 heterocycles. The van der Waals surface area contributed by atoms with Gasteiger partial charge in [0.15, 0.2) is 0 Å². The van der Waals surface area contributed by atoms with E-state index in [1.807, 2.05) is 29.7 Å². The number of para-hydroxylation sites is 1. The lowest BCUT2D eigenvalue weighted by Gasteiger charge is -2.12. The first-order valence-corrected chi connectivity index (χ1v) is 4.74. The minimum absolute atomic E-state index is 0.261. The maximum absolute atomic E-state index is 11.6. The Bertz CT molecular complexity index is 547. The summed E-state index contributed by atoms with van der Waals surface area (Å²) in [6.07, 6.45) is 0. The average molecular weight is 204 g/mol. The smallest absolute Gasteiger partial charge is 0.282 e. The maximum Gasteiger partial charge on any atom is 0.282 e. The van der Waals surface area contributed by atoms with E-state index < -0.39 is 0 Å². The molecule has 0 amide bonds. The van der Waals surface area contributed by atoms with Crippen molar-refractivity contribution in [3.8, 4) is 0 Å². The number of rotatable bonds is 2. The molecule has 3 N–H and O–H groups in total. The van der Waals surface area contributed by atoms with Crippen LogP contribution in [0.15, 0.2) is 29.1 Å². The lowest BCUT2D eigenvalue weighted by atomic mass is 10.2. The van der Waals surface area contributed by atoms with Gasteiger partial charge in [-0.15, -0.1) is 0 Å². The minimum atomic E-state index is -0.261. The van der Waals surface area contributed by atoms with Crippen LogP contribution in [0.25, 0.3) is 10.9 Å². The summed E-state index contributed by atoms with van der Waals surface area (Å²) in [6, 6.07) is 7.34. The third kappa shape index (κ3) is 1.46. The molecule has 1 aromatic carbocycles. The normalized spacial score (nSPS) is 10.5. The second-order valence-electron chi connectivity index (χ2n) is 3.15. The molecule has 0 atom stereocenters. The molecule has 0 saturated heterocycles. The molecular formula is C10H12N4O. The van der Waals surface area contributed by atoms with Crippen LogP contribution in [0.1, 0.15) is 6.92 Å². The number of anilines is 1. The van der Waals surface area contributed by atoms with Crippen LogP contribution in [0, 0.1) is 0 Å². The van der Waals surface area contributed by atoms with Crippen molar-refractivity contribution >= 4 is 16.9 Å². The number of benzene rings is 1. The standard InChI is InChI=1S/C10H12N4O/c1-2-14-8-6-4-3-5-7(8)9(15)12-10(14)13-11/h3-6H,2,11H2,1H3,(H,12,13,15). The topological polar surface area (TPSA) is 72.9 Å². The summed E-state index contributed by atoms with van der Waals surface area (Å²) in [7, 11) is 0. The van der Waals surface area contributed by atoms with Crippen LogP contribution in [0.3, 0.4) is 0 Å². The molecule has 0 aliphatic carbocycles. The highest BCUT2D eigenvalue weighted by atomic mass is 16.1. The van der Waals surface area contributed by atoms with Crippen molar-refractivity contribution in [3.05, 3.63) is 34.6 Å². The van der Waals surface area contributed by atoms with Crippen molar-refractivity contribution in [3.63, 3.8) is 0 Å². The first-order chi connectivity index (χ1) is 7.27. The zero-order valence-corrected chi connectivity index (χ0v) is 8.40. The molecule has 78 valence electrons. The Morgan fingerprint density at radius 2 is 2.20 bits per heavy atom. The van der Waals surface area contributed by atoms with Crippen LogP contribution >= 0.6 is 0 Å². The number of fused-ring (bicyclic) bond motifs is 1. The van der Waals surface area contributed by atoms with Crippen molar-refractivity contribution < 1.29 is 0 Å². The van der Waals surface area contributed by atoms with Gasteiger partial charge in [0.05, 0.1) is 10.9 Å². The second kappa shape index (κ2) is 3.70. The van der Waals surface area contributed by atoms with E-state index >= 15 is 0 Å². The second-order valence-corrected chi connectivity index (χ2v) is 3.15. The van der Waals surface area contributed by atoms with Crippen LogP contribution in [-0.2, 0) is 6.54 Å². The van der Waals surface area contributed by atoms with Crippen molar-refractivity contribution in [2.45, 2.75) is 13.5 Å². The van der Waals surface area contributed by atoms with Gasteiger partial charge in [0.25, 0.3) is 5.56 Å². The third-order valence-electron chi connectivity index (χ3n) is 2.33. The number of hydrogen-bond acceptors (Lipinski definition) is 4. The molecule has 2 rings (SSSR count). The summed E-state index contributed by atoms with van der Waals surface area (Å²) in [6.45, 7) is 2.67. The fourth-order valence-corrected chi connectivity index (χ4v) is 1.65. The fraction of sp³-hybridized carbons (Fsp3) is 0.200. The highest BCUT2D eigenvalue weighted by Crippen LogP contribution is 2.12. The SMILES string of the molecule is CCn1c(NN)nc(=O)c2ccccc21. The Hall–Kier alpha value is -1.88. The van der Waals surface area contributed by atoms with Crippen LogP contribution in [-0.4, -0.2) is 9.55 Å². The highest BCUT2D eigenvalue weighted by molar-refractivity contribution is 5.79. The maximum atomic E-state index is 11.6. The molecule has 0 spiro atoms. The molecule has 1 aromatic heterocycles. The lowest BCUT2D eigenvalue weighted by Crippen LogP contribution is -2.22. The summed E-state index contributed by atoms with van der Waals surface area (Å²) in [5, 5.41) is 0.610. The van der Waals surface area contributed by atoms with Gasteiger partial charge in [0.1, 0.15) is 0 Å². The molecule has 0 aliphatic rings. The van der Waals surface area contributed by atoms with Gasteiger partial charge in [-0.1, -0.05) is 12.1 Å². The minimum Gasteiger partial charge on any atom is -0.311 e. The largest absolute Gasteiger partial charge is 0.311 e. The van der Waals surface area contributed by atoms with Gasteiger partial charge in [-0.05, 0) is 19.1 Å². The van der Waals surface area contributed by atoms with Crippen molar-refractivity contribution in [2.24, 2.45) is 5.84 Å². The molecule has 0 saturated carbocycles. The Morgan fingerprint density at radius 1 is 1.47 bits per heavy atom. The van der Waals surface area contributed by atoms with Gasteiger partial charge in [-0.2, -0.15) is 4.98 Å². The van der Waals surface area contributed by atoms with E-state index in [1.165, 1.54) is 0 Å². The third-order valence-corrected chi connectivity index (χ3v) is 2.33. The molecule has 0 bridgehead atoms. The summed E-state index contributed by atoms with van der Waals surface area (Å²) < 4.78 is 1.86. The Labute approximate surface area is 86.5 Å². The molecule has 5 nitrogen and oxygen atoms in total. The van der Waals surface area contributed by atoms with Gasteiger partial charge >= 0.3 is 0 Å². The number of nitrogens with zero attached hydrogens (tertiary/aromatic N) is 2. The Kier molecular flexibility index (Phi) is 2.39. The van der Waals surface area contributed by atoms with E-state index in [4.69, 9.17) is 5.84 Å². The molecule has 0 radical (unpaired) electrons. The summed E-state index contributed by atoms with van der Waals surface area (Å²) in [5.41, 5.74) is 3.01. The van der Waals surface area contributed by atoms with E-state index in [9.17, 15) is 4.79 Å². The lowest BCUT2D eigenvalue weighted by molar-refractivity contribution is 0.770. The predicted molar refractivity (Wildman–Crippen MR) is 59.5 cm³/mol. The van der Waals surface area contributed by atoms with Gasteiger partial charge in [0.2, 0.25) is 5.95 Å². The number of nitrogens with two attached hydrogens (primary N) is 1. The van der Waals surface area contributed by atoms with Crippen LogP contribution < -0.4 is 16.8 Å². The van der Waals surface area contributed by atoms with Gasteiger partial charge in [0, 0.05) is 6.54 Å². The quantitative estimate of drug-likeness (QED) is 0.558. The van der Waals surface area contributed by atoms with Crippen molar-refractivity contribution in [1.29, 1.82) is 0 Å². The number of nitrogens with one attached hydrogen (secondary N) is 1. The zero-order valence-electron chi connectivity index (χ0n) is 8.40. The number of aromatic nitrogens is 2. The van der Waals surface area contributed by atoms with E-state index in [2.05, 4.69) is 10.4 Å². The number of nitrogen functional groups attached to an aromatic ring is 1. The molecule has 0 unspecified atom stereocenters. The van der Waals surface area contributed by atoms with E-state index in [-0.39, 0.29) is 5.56 Å².